The van der Waals surface area contributed by atoms with Crippen molar-refractivity contribution in [2.75, 3.05) is 6.26 Å². The first-order valence-corrected chi connectivity index (χ1v) is 4.53. The van der Waals surface area contributed by atoms with Gasteiger partial charge in [-0.25, -0.2) is 4.79 Å². The average Bonchev–Trinajstić information content (AvgIpc) is 2.16. The first kappa shape index (κ1) is 6.35. The number of rotatable bonds is 0. The van der Waals surface area contributed by atoms with Crippen LogP contribution >= 0.6 is 10.0 Å². The van der Waals surface area contributed by atoms with Crippen LogP contribution in [0, 0.1) is 0 Å². The number of hydrogen-bond acceptors (Lipinski definition) is 2. The van der Waals surface area contributed by atoms with E-state index in [4.69, 9.17) is 5.11 Å². The fourth-order valence-electron chi connectivity index (χ4n) is 0.462. The van der Waals surface area contributed by atoms with Crippen LogP contribution in [0.2, 0.25) is 0 Å². The van der Waals surface area contributed by atoms with Crippen molar-refractivity contribution in [1.29, 1.82) is 0 Å². The van der Waals surface area contributed by atoms with Gasteiger partial charge in [0.15, 0.2) is 0 Å². The summed E-state index contributed by atoms with van der Waals surface area (Å²) in [4.78, 5) is 14.1. The van der Waals surface area contributed by atoms with Gasteiger partial charge in [-0.2, -0.15) is 0 Å². The monoisotopic (exact) mass is 145 g/mol. The number of hydrogen-bond donors (Lipinski definition) is 1. The fourth-order valence-corrected chi connectivity index (χ4v) is 1.38. The van der Waals surface area contributed by atoms with E-state index < -0.39 is 15.3 Å². The molecular weight excluding hydrogens is 138 g/mol. The van der Waals surface area contributed by atoms with Crippen molar-refractivity contribution in [1.82, 2.24) is 0 Å². The topological polar surface area (TPSA) is 49.7 Å². The lowest BCUT2D eigenvalue weighted by Gasteiger charge is -2.15. The van der Waals surface area contributed by atoms with Crippen LogP contribution < -0.4 is 0 Å². The van der Waals surface area contributed by atoms with Crippen molar-refractivity contribution in [3.8, 4) is 0 Å². The zero-order valence-electron chi connectivity index (χ0n) is 4.94. The maximum atomic E-state index is 10.4. The highest BCUT2D eigenvalue weighted by Gasteiger charge is 2.23. The number of aliphatic imine (C=N–C) groups is 1. The Balaban J connectivity index is 2.88. The Morgan fingerprint density at radius 2 is 2.44 bits per heavy atom. The Kier molecular flexibility index (Phi) is 1.32. The second kappa shape index (κ2) is 1.88. The molecule has 0 bridgehead atoms. The van der Waals surface area contributed by atoms with Crippen LogP contribution in [0.1, 0.15) is 0 Å². The van der Waals surface area contributed by atoms with E-state index in [1.807, 2.05) is 0 Å². The molecular formula is C5H7NO2S. The molecule has 1 heterocycles. The first-order valence-electron chi connectivity index (χ1n) is 2.36. The summed E-state index contributed by atoms with van der Waals surface area (Å²) in [5, 5.41) is 9.42. The molecule has 1 aliphatic rings. The molecule has 1 aliphatic heterocycles. The Bertz CT molecular complexity index is 185. The van der Waals surface area contributed by atoms with Crippen molar-refractivity contribution in [3.63, 3.8) is 0 Å². The van der Waals surface area contributed by atoms with Crippen molar-refractivity contribution in [2.45, 2.75) is 0 Å². The SMILES string of the molecule is CS1(C(=O)O)C=CN=C1. The van der Waals surface area contributed by atoms with Crippen LogP contribution in [0.25, 0.3) is 0 Å². The zero-order chi connectivity index (χ0) is 6.91. The molecule has 0 aliphatic carbocycles. The van der Waals surface area contributed by atoms with E-state index in [1.165, 1.54) is 11.7 Å². The summed E-state index contributed by atoms with van der Waals surface area (Å²) in [6, 6.07) is 0. The molecule has 0 aromatic rings. The zero-order valence-corrected chi connectivity index (χ0v) is 5.76. The van der Waals surface area contributed by atoms with Crippen LogP contribution in [0.3, 0.4) is 0 Å². The van der Waals surface area contributed by atoms with Gasteiger partial charge in [0, 0.05) is 6.20 Å². The van der Waals surface area contributed by atoms with Gasteiger partial charge in [0.25, 0.3) is 0 Å². The summed E-state index contributed by atoms with van der Waals surface area (Å²) in [6.07, 6.45) is 3.21. The minimum Gasteiger partial charge on any atom is -0.474 e. The molecule has 0 spiro atoms. The molecule has 50 valence electrons. The van der Waals surface area contributed by atoms with Gasteiger partial charge in [0.1, 0.15) is 0 Å². The molecule has 1 unspecified atom stereocenters. The van der Waals surface area contributed by atoms with Gasteiger partial charge >= 0.3 is 5.30 Å². The van der Waals surface area contributed by atoms with E-state index in [9.17, 15) is 4.79 Å². The molecule has 4 heteroatoms. The molecule has 0 aromatic heterocycles. The van der Waals surface area contributed by atoms with Gasteiger partial charge in [0.2, 0.25) is 0 Å². The molecule has 1 N–H and O–H groups in total. The summed E-state index contributed by atoms with van der Waals surface area (Å²) >= 11 is 0. The van der Waals surface area contributed by atoms with Gasteiger partial charge in [-0.1, -0.05) is 10.0 Å². The first-order chi connectivity index (χ1) is 4.15. The van der Waals surface area contributed by atoms with E-state index in [2.05, 4.69) is 4.99 Å². The predicted octanol–water partition coefficient (Wildman–Crippen LogP) is 1.61. The largest absolute Gasteiger partial charge is 0.474 e. The molecule has 0 saturated heterocycles. The van der Waals surface area contributed by atoms with E-state index in [-0.39, 0.29) is 0 Å². The van der Waals surface area contributed by atoms with Crippen LogP contribution in [0.4, 0.5) is 4.79 Å². The molecule has 1 rings (SSSR count). The predicted molar refractivity (Wildman–Crippen MR) is 39.2 cm³/mol. The van der Waals surface area contributed by atoms with Crippen LogP contribution in [0.15, 0.2) is 16.6 Å². The van der Waals surface area contributed by atoms with Gasteiger partial charge < -0.3 is 5.11 Å². The highest BCUT2D eigenvalue weighted by molar-refractivity contribution is 8.56. The molecule has 0 fully saturated rings. The van der Waals surface area contributed by atoms with E-state index in [0.29, 0.717) is 0 Å². The Labute approximate surface area is 54.4 Å². The van der Waals surface area contributed by atoms with Gasteiger partial charge in [-0.05, 0) is 11.7 Å². The van der Waals surface area contributed by atoms with Gasteiger partial charge in [0.05, 0.1) is 5.55 Å². The Hall–Kier alpha value is -0.770. The summed E-state index contributed by atoms with van der Waals surface area (Å²) in [5.41, 5.74) is 1.50. The molecule has 0 radical (unpaired) electrons. The lowest BCUT2D eigenvalue weighted by molar-refractivity contribution is 0.221. The summed E-state index contributed by atoms with van der Waals surface area (Å²) in [7, 11) is -1.68. The van der Waals surface area contributed by atoms with Gasteiger partial charge in [-0.3, -0.25) is 4.99 Å². The lowest BCUT2D eigenvalue weighted by Crippen LogP contribution is -2.03. The van der Waals surface area contributed by atoms with Crippen LogP contribution in [0.5, 0.6) is 0 Å². The number of nitrogens with zero attached hydrogens (tertiary/aromatic N) is 1. The van der Waals surface area contributed by atoms with E-state index in [0.717, 1.165) is 0 Å². The van der Waals surface area contributed by atoms with Crippen molar-refractivity contribution >= 4 is 20.9 Å². The molecule has 0 aromatic carbocycles. The fraction of sp³-hybridized carbons (Fsp3) is 0.200. The summed E-state index contributed by atoms with van der Waals surface area (Å²) < 4.78 is 0. The third-order valence-electron chi connectivity index (χ3n) is 1.09. The molecule has 9 heavy (non-hydrogen) atoms. The van der Waals surface area contributed by atoms with E-state index in [1.54, 1.807) is 11.7 Å². The molecule has 0 amide bonds. The maximum Gasteiger partial charge on any atom is 0.355 e. The normalized spacial score (nSPS) is 38.3. The van der Waals surface area contributed by atoms with Crippen LogP contribution in [-0.4, -0.2) is 22.2 Å². The second-order valence-electron chi connectivity index (χ2n) is 1.85. The molecule has 0 saturated carbocycles. The van der Waals surface area contributed by atoms with E-state index >= 15 is 0 Å². The Morgan fingerprint density at radius 3 is 2.67 bits per heavy atom. The number of carbonyl (C=O) groups is 1. The standard InChI is InChI=1S/C5H7NO2S/c1-9(5(7)8)3-2-6-4-9/h2-4H,1H3,(H,7,8). The third-order valence-corrected chi connectivity index (χ3v) is 3.08. The van der Waals surface area contributed by atoms with Crippen molar-refractivity contribution in [2.24, 2.45) is 4.99 Å². The molecule has 1 atom stereocenters. The van der Waals surface area contributed by atoms with Crippen LogP contribution in [-0.2, 0) is 0 Å². The summed E-state index contributed by atoms with van der Waals surface area (Å²) in [5.74, 6) is 0. The minimum absolute atomic E-state index is 0.778. The van der Waals surface area contributed by atoms with Crippen molar-refractivity contribution in [3.05, 3.63) is 11.6 Å². The molecule has 3 nitrogen and oxygen atoms in total. The average molecular weight is 145 g/mol. The lowest BCUT2D eigenvalue weighted by atomic mass is 11.1. The smallest absolute Gasteiger partial charge is 0.355 e. The van der Waals surface area contributed by atoms with Gasteiger partial charge in [-0.15, -0.1) is 0 Å². The second-order valence-corrected chi connectivity index (χ2v) is 4.78. The maximum absolute atomic E-state index is 10.4. The quantitative estimate of drug-likeness (QED) is 0.563. The highest BCUT2D eigenvalue weighted by atomic mass is 32.3. The number of carboxylic acid groups (broad SMARTS) is 1. The summed E-state index contributed by atoms with van der Waals surface area (Å²) in [6.45, 7) is 0. The highest BCUT2D eigenvalue weighted by Crippen LogP contribution is 2.45. The van der Waals surface area contributed by atoms with Crippen molar-refractivity contribution < 1.29 is 9.90 Å². The third kappa shape index (κ3) is 0.977. The Morgan fingerprint density at radius 1 is 1.78 bits per heavy atom. The minimum atomic E-state index is -1.68.